The van der Waals surface area contributed by atoms with Crippen LogP contribution in [0.2, 0.25) is 0 Å². The van der Waals surface area contributed by atoms with Crippen molar-refractivity contribution >= 4 is 29.3 Å². The Kier molecular flexibility index (Phi) is 7.81. The molecule has 34 heavy (non-hydrogen) atoms. The molecule has 1 unspecified atom stereocenters. The van der Waals surface area contributed by atoms with Crippen molar-refractivity contribution in [1.82, 2.24) is 19.7 Å². The molecule has 3 aromatic rings. The number of hydrogen-bond acceptors (Lipinski definition) is 7. The molecule has 1 fully saturated rings. The predicted octanol–water partition coefficient (Wildman–Crippen LogP) is 2.70. The highest BCUT2D eigenvalue weighted by atomic mass is 32.2. The molecule has 4 rings (SSSR count). The van der Waals surface area contributed by atoms with E-state index in [0.717, 1.165) is 42.1 Å². The van der Waals surface area contributed by atoms with E-state index in [-0.39, 0.29) is 23.5 Å². The molecular formula is C24H28N6O3S. The molecule has 1 saturated heterocycles. The summed E-state index contributed by atoms with van der Waals surface area (Å²) >= 11 is 1.32. The maximum atomic E-state index is 12.7. The lowest BCUT2D eigenvalue weighted by molar-refractivity contribution is -0.123. The van der Waals surface area contributed by atoms with Gasteiger partial charge in [-0.3, -0.25) is 19.1 Å². The Morgan fingerprint density at radius 1 is 1.21 bits per heavy atom. The summed E-state index contributed by atoms with van der Waals surface area (Å²) in [6.45, 7) is 2.20. The third-order valence-corrected chi connectivity index (χ3v) is 6.74. The fourth-order valence-electron chi connectivity index (χ4n) is 4.01. The fraction of sp³-hybridized carbons (Fsp3) is 0.333. The van der Waals surface area contributed by atoms with Crippen LogP contribution >= 0.6 is 11.8 Å². The smallest absolute Gasteiger partial charge is 0.234 e. The summed E-state index contributed by atoms with van der Waals surface area (Å²) in [6, 6.07) is 15.3. The van der Waals surface area contributed by atoms with Gasteiger partial charge in [0.15, 0.2) is 5.16 Å². The number of likely N-dealkylation sites (tertiary alicyclic amines) is 1. The van der Waals surface area contributed by atoms with Crippen LogP contribution in [0.4, 0.5) is 5.69 Å². The molecule has 0 aliphatic carbocycles. The standard InChI is InChI=1S/C24H28N6O3S/c1-33-20-10-8-19(9-11-20)30-16-26-28-24(30)34-15-22(31)27-21-7-3-2-5-17(21)13-29-12-4-6-18(14-29)23(25)32/h2-3,5,7-11,16,18H,4,6,12-15H2,1H3,(H2,25,32)(H,27,31). The summed E-state index contributed by atoms with van der Waals surface area (Å²) in [6.07, 6.45) is 3.39. The number of piperidine rings is 1. The zero-order valence-electron chi connectivity index (χ0n) is 19.0. The van der Waals surface area contributed by atoms with E-state index in [1.54, 1.807) is 13.4 Å². The zero-order valence-corrected chi connectivity index (χ0v) is 19.8. The van der Waals surface area contributed by atoms with Crippen LogP contribution in [-0.4, -0.2) is 57.4 Å². The van der Waals surface area contributed by atoms with E-state index >= 15 is 0 Å². The largest absolute Gasteiger partial charge is 0.497 e. The Balaban J connectivity index is 1.36. The van der Waals surface area contributed by atoms with Gasteiger partial charge in [0.05, 0.1) is 18.8 Å². The van der Waals surface area contributed by atoms with Gasteiger partial charge in [0, 0.05) is 24.5 Å². The van der Waals surface area contributed by atoms with Crippen molar-refractivity contribution in [2.45, 2.75) is 24.5 Å². The number of nitrogens with zero attached hydrogens (tertiary/aromatic N) is 4. The van der Waals surface area contributed by atoms with Crippen LogP contribution < -0.4 is 15.8 Å². The van der Waals surface area contributed by atoms with Crippen molar-refractivity contribution in [3.8, 4) is 11.4 Å². The number of nitrogens with two attached hydrogens (primary N) is 1. The minimum absolute atomic E-state index is 0.116. The van der Waals surface area contributed by atoms with E-state index in [2.05, 4.69) is 20.4 Å². The lowest BCUT2D eigenvalue weighted by Gasteiger charge is -2.31. The predicted molar refractivity (Wildman–Crippen MR) is 131 cm³/mol. The zero-order chi connectivity index (χ0) is 23.9. The van der Waals surface area contributed by atoms with Gasteiger partial charge in [-0.05, 0) is 55.3 Å². The van der Waals surface area contributed by atoms with Gasteiger partial charge in [-0.25, -0.2) is 0 Å². The van der Waals surface area contributed by atoms with Crippen LogP contribution in [0.1, 0.15) is 18.4 Å². The van der Waals surface area contributed by atoms with Crippen LogP contribution in [0.3, 0.4) is 0 Å². The molecule has 0 saturated carbocycles. The number of amides is 2. The molecular weight excluding hydrogens is 452 g/mol. The monoisotopic (exact) mass is 480 g/mol. The van der Waals surface area contributed by atoms with Crippen LogP contribution in [0.25, 0.3) is 5.69 Å². The molecule has 3 N–H and O–H groups in total. The summed E-state index contributed by atoms with van der Waals surface area (Å²) in [4.78, 5) is 26.6. The molecule has 2 heterocycles. The second kappa shape index (κ2) is 11.2. The van der Waals surface area contributed by atoms with Crippen LogP contribution in [0, 0.1) is 5.92 Å². The molecule has 1 aliphatic rings. The maximum Gasteiger partial charge on any atom is 0.234 e. The highest BCUT2D eigenvalue weighted by Crippen LogP contribution is 2.24. The molecule has 10 heteroatoms. The van der Waals surface area contributed by atoms with Crippen LogP contribution in [0.5, 0.6) is 5.75 Å². The van der Waals surface area contributed by atoms with E-state index in [1.165, 1.54) is 11.8 Å². The highest BCUT2D eigenvalue weighted by molar-refractivity contribution is 7.99. The van der Waals surface area contributed by atoms with Gasteiger partial charge in [0.25, 0.3) is 0 Å². The molecule has 2 aromatic carbocycles. The van der Waals surface area contributed by atoms with E-state index < -0.39 is 0 Å². The Morgan fingerprint density at radius 3 is 2.76 bits per heavy atom. The first-order chi connectivity index (χ1) is 16.5. The first-order valence-corrected chi connectivity index (χ1v) is 12.1. The number of aromatic nitrogens is 3. The number of ether oxygens (including phenoxy) is 1. The van der Waals surface area contributed by atoms with Gasteiger partial charge < -0.3 is 15.8 Å². The van der Waals surface area contributed by atoms with Gasteiger partial charge in [-0.15, -0.1) is 10.2 Å². The molecule has 0 radical (unpaired) electrons. The van der Waals surface area contributed by atoms with Crippen molar-refractivity contribution in [3.63, 3.8) is 0 Å². The lowest BCUT2D eigenvalue weighted by Crippen LogP contribution is -2.40. The number of thioether (sulfide) groups is 1. The Morgan fingerprint density at radius 2 is 2.00 bits per heavy atom. The Labute approximate surface area is 202 Å². The van der Waals surface area contributed by atoms with Crippen molar-refractivity contribution in [1.29, 1.82) is 0 Å². The van der Waals surface area contributed by atoms with Gasteiger partial charge in [-0.1, -0.05) is 30.0 Å². The van der Waals surface area contributed by atoms with E-state index in [4.69, 9.17) is 10.5 Å². The average molecular weight is 481 g/mol. The highest BCUT2D eigenvalue weighted by Gasteiger charge is 2.24. The van der Waals surface area contributed by atoms with Gasteiger partial charge in [0.2, 0.25) is 11.8 Å². The molecule has 1 aliphatic heterocycles. The number of nitrogens with one attached hydrogen (secondary N) is 1. The van der Waals surface area contributed by atoms with Gasteiger partial charge in [0.1, 0.15) is 12.1 Å². The topological polar surface area (TPSA) is 115 Å². The number of methoxy groups -OCH3 is 1. The van der Waals surface area contributed by atoms with Crippen molar-refractivity contribution in [2.24, 2.45) is 11.7 Å². The van der Waals surface area contributed by atoms with E-state index in [1.807, 2.05) is 53.1 Å². The number of hydrogen-bond donors (Lipinski definition) is 2. The molecule has 1 aromatic heterocycles. The quantitative estimate of drug-likeness (QED) is 0.453. The van der Waals surface area contributed by atoms with Gasteiger partial charge >= 0.3 is 0 Å². The second-order valence-corrected chi connectivity index (χ2v) is 9.09. The Hall–Kier alpha value is -3.37. The molecule has 0 spiro atoms. The van der Waals surface area contributed by atoms with Gasteiger partial charge in [-0.2, -0.15) is 0 Å². The van der Waals surface area contributed by atoms with Crippen molar-refractivity contribution in [3.05, 3.63) is 60.4 Å². The molecule has 9 nitrogen and oxygen atoms in total. The average Bonchev–Trinajstić information content (AvgIpc) is 3.33. The molecule has 2 amide bonds. The lowest BCUT2D eigenvalue weighted by atomic mass is 9.97. The number of primary amides is 1. The normalized spacial score (nSPS) is 16.2. The number of para-hydroxylation sites is 1. The van der Waals surface area contributed by atoms with Crippen molar-refractivity contribution < 1.29 is 14.3 Å². The number of benzene rings is 2. The summed E-state index contributed by atoms with van der Waals surface area (Å²) in [5.41, 5.74) is 8.17. The number of rotatable bonds is 9. The second-order valence-electron chi connectivity index (χ2n) is 8.15. The van der Waals surface area contributed by atoms with Crippen LogP contribution in [0.15, 0.2) is 60.0 Å². The number of carbonyl (C=O) groups excluding carboxylic acids is 2. The minimum Gasteiger partial charge on any atom is -0.497 e. The van der Waals surface area contributed by atoms with E-state index in [0.29, 0.717) is 18.2 Å². The molecule has 178 valence electrons. The summed E-state index contributed by atoms with van der Waals surface area (Å²) < 4.78 is 7.03. The minimum atomic E-state index is -0.245. The number of anilines is 1. The summed E-state index contributed by atoms with van der Waals surface area (Å²) in [5, 5.41) is 11.8. The van der Waals surface area contributed by atoms with Crippen molar-refractivity contribution in [2.75, 3.05) is 31.3 Å². The number of carbonyl (C=O) groups is 2. The molecule has 0 bridgehead atoms. The van der Waals surface area contributed by atoms with E-state index in [9.17, 15) is 9.59 Å². The molecule has 1 atom stereocenters. The maximum absolute atomic E-state index is 12.7. The first kappa shape index (κ1) is 23.8. The summed E-state index contributed by atoms with van der Waals surface area (Å²) in [7, 11) is 1.62. The third kappa shape index (κ3) is 5.95. The Bertz CT molecular complexity index is 1130. The third-order valence-electron chi connectivity index (χ3n) is 5.79. The van der Waals surface area contributed by atoms with Crippen LogP contribution in [-0.2, 0) is 16.1 Å². The summed E-state index contributed by atoms with van der Waals surface area (Å²) in [5.74, 6) is 0.464. The fourth-order valence-corrected chi connectivity index (χ4v) is 4.74. The SMILES string of the molecule is COc1ccc(-n2cnnc2SCC(=O)Nc2ccccc2CN2CCCC(C(N)=O)C2)cc1. The first-order valence-electron chi connectivity index (χ1n) is 11.1.